The summed E-state index contributed by atoms with van der Waals surface area (Å²) >= 11 is 0. The molecule has 0 radical (unpaired) electrons. The number of nitrogen functional groups attached to an aromatic ring is 1. The molecule has 0 amide bonds. The topological polar surface area (TPSA) is 57.9 Å². The van der Waals surface area contributed by atoms with Gasteiger partial charge in [-0.2, -0.15) is 0 Å². The van der Waals surface area contributed by atoms with Gasteiger partial charge in [0.05, 0.1) is 18.6 Å². The largest absolute Gasteiger partial charge is 0.382 e. The Morgan fingerprint density at radius 1 is 1.35 bits per heavy atom. The fraction of sp³-hybridized carbons (Fsp3) is 0.308. The van der Waals surface area contributed by atoms with E-state index in [0.717, 1.165) is 18.8 Å². The molecular weight excluding hydrogens is 212 g/mol. The first kappa shape index (κ1) is 10.2. The normalized spacial score (nSPS) is 14.7. The molecule has 88 valence electrons. The number of nitrogens with zero attached hydrogens (tertiary/aromatic N) is 2. The van der Waals surface area contributed by atoms with Crippen molar-refractivity contribution < 1.29 is 0 Å². The number of aryl methyl sites for hydroxylation is 1. The van der Waals surface area contributed by atoms with Crippen molar-refractivity contribution in [3.8, 4) is 0 Å². The summed E-state index contributed by atoms with van der Waals surface area (Å²) in [5, 5.41) is 0. The molecule has 2 aromatic rings. The van der Waals surface area contributed by atoms with Crippen molar-refractivity contribution in [2.45, 2.75) is 19.4 Å². The van der Waals surface area contributed by atoms with Crippen molar-refractivity contribution in [3.05, 3.63) is 41.9 Å². The third-order valence-electron chi connectivity index (χ3n) is 3.31. The average Bonchev–Trinajstić information content (AvgIpc) is 2.76. The number of nitrogens with one attached hydrogen (secondary N) is 1. The minimum atomic E-state index is 0.605. The molecule has 1 aromatic carbocycles. The molecular formula is C13H16N4. The van der Waals surface area contributed by atoms with Gasteiger partial charge in [-0.1, -0.05) is 18.2 Å². The van der Waals surface area contributed by atoms with Gasteiger partial charge in [0.2, 0.25) is 0 Å². The Kier molecular flexibility index (Phi) is 2.48. The molecule has 17 heavy (non-hydrogen) atoms. The summed E-state index contributed by atoms with van der Waals surface area (Å²) in [7, 11) is 0. The number of benzene rings is 1. The number of fused-ring (bicyclic) bond motifs is 1. The highest BCUT2D eigenvalue weighted by molar-refractivity contribution is 5.56. The van der Waals surface area contributed by atoms with Crippen LogP contribution in [0.2, 0.25) is 0 Å². The van der Waals surface area contributed by atoms with Gasteiger partial charge < -0.3 is 15.6 Å². The van der Waals surface area contributed by atoms with Gasteiger partial charge in [0.25, 0.3) is 0 Å². The fourth-order valence-corrected chi connectivity index (χ4v) is 2.42. The molecule has 0 atom stereocenters. The first-order valence-corrected chi connectivity index (χ1v) is 5.95. The predicted molar refractivity (Wildman–Crippen MR) is 68.8 cm³/mol. The van der Waals surface area contributed by atoms with E-state index in [1.165, 1.54) is 24.1 Å². The number of nitrogens with two attached hydrogens (primary N) is 1. The van der Waals surface area contributed by atoms with E-state index >= 15 is 0 Å². The predicted octanol–water partition coefficient (Wildman–Crippen LogP) is 1.94. The number of hydrogen-bond acceptors (Lipinski definition) is 3. The highest BCUT2D eigenvalue weighted by atomic mass is 15.2. The van der Waals surface area contributed by atoms with Gasteiger partial charge in [0, 0.05) is 12.2 Å². The Bertz CT molecular complexity index is 518. The number of para-hydroxylation sites is 1. The Labute approximate surface area is 100 Å². The van der Waals surface area contributed by atoms with Crippen molar-refractivity contribution >= 4 is 11.5 Å². The Morgan fingerprint density at radius 3 is 3.06 bits per heavy atom. The molecule has 0 spiro atoms. The zero-order valence-corrected chi connectivity index (χ0v) is 9.69. The van der Waals surface area contributed by atoms with Crippen LogP contribution in [0.25, 0.3) is 0 Å². The molecule has 1 aliphatic heterocycles. The first-order chi connectivity index (χ1) is 8.34. The van der Waals surface area contributed by atoms with E-state index in [2.05, 4.69) is 39.1 Å². The first-order valence-electron chi connectivity index (χ1n) is 5.95. The van der Waals surface area contributed by atoms with Crippen LogP contribution in [0.15, 0.2) is 30.6 Å². The van der Waals surface area contributed by atoms with E-state index in [1.807, 2.05) is 0 Å². The van der Waals surface area contributed by atoms with Crippen LogP contribution in [0.4, 0.5) is 11.5 Å². The Morgan fingerprint density at radius 2 is 2.24 bits per heavy atom. The third-order valence-corrected chi connectivity index (χ3v) is 3.31. The number of hydrogen-bond donors (Lipinski definition) is 2. The molecule has 4 nitrogen and oxygen atoms in total. The van der Waals surface area contributed by atoms with Crippen LogP contribution in [0.1, 0.15) is 17.7 Å². The molecule has 0 saturated heterocycles. The molecule has 1 aromatic heterocycles. The van der Waals surface area contributed by atoms with Gasteiger partial charge in [-0.15, -0.1) is 0 Å². The maximum absolute atomic E-state index is 5.81. The average molecular weight is 228 g/mol. The molecule has 3 N–H and O–H groups in total. The second kappa shape index (κ2) is 4.13. The van der Waals surface area contributed by atoms with Crippen molar-refractivity contribution in [3.63, 3.8) is 0 Å². The van der Waals surface area contributed by atoms with Gasteiger partial charge >= 0.3 is 0 Å². The third kappa shape index (κ3) is 1.86. The van der Waals surface area contributed by atoms with Crippen LogP contribution in [0.5, 0.6) is 0 Å². The molecule has 1 aliphatic rings. The molecule has 0 unspecified atom stereocenters. The maximum Gasteiger partial charge on any atom is 0.146 e. The molecule has 4 heteroatoms. The molecule has 0 aliphatic carbocycles. The lowest BCUT2D eigenvalue weighted by Crippen LogP contribution is -2.29. The van der Waals surface area contributed by atoms with Gasteiger partial charge in [-0.3, -0.25) is 0 Å². The van der Waals surface area contributed by atoms with E-state index in [0.29, 0.717) is 5.82 Å². The number of imidazole rings is 1. The van der Waals surface area contributed by atoms with Crippen molar-refractivity contribution in [2.24, 2.45) is 0 Å². The molecule has 3 rings (SSSR count). The lowest BCUT2D eigenvalue weighted by molar-refractivity contribution is 0.686. The second-order valence-electron chi connectivity index (χ2n) is 4.42. The monoisotopic (exact) mass is 228 g/mol. The Balaban J connectivity index is 1.88. The summed E-state index contributed by atoms with van der Waals surface area (Å²) in [5.41, 5.74) is 9.56. The zero-order valence-electron chi connectivity index (χ0n) is 9.69. The zero-order chi connectivity index (χ0) is 11.7. The summed E-state index contributed by atoms with van der Waals surface area (Å²) < 4.78 is 0. The summed E-state index contributed by atoms with van der Waals surface area (Å²) in [6, 6.07) is 8.58. The smallest absolute Gasteiger partial charge is 0.146 e. The van der Waals surface area contributed by atoms with Crippen molar-refractivity contribution in [1.29, 1.82) is 0 Å². The molecule has 2 heterocycles. The van der Waals surface area contributed by atoms with Crippen molar-refractivity contribution in [1.82, 2.24) is 9.97 Å². The summed E-state index contributed by atoms with van der Waals surface area (Å²) in [5.74, 6) is 0.605. The van der Waals surface area contributed by atoms with Crippen LogP contribution in [-0.2, 0) is 13.0 Å². The highest BCUT2D eigenvalue weighted by Gasteiger charge is 2.17. The number of aromatic nitrogens is 2. The van der Waals surface area contributed by atoms with Crippen LogP contribution >= 0.6 is 0 Å². The number of aromatic amines is 1. The molecule has 0 fully saturated rings. The number of anilines is 2. The minimum absolute atomic E-state index is 0.605. The molecule has 0 bridgehead atoms. The standard InChI is InChI=1S/C13H16N4/c14-13-11(15-9-16-13)8-17-7-3-5-10-4-1-2-6-12(10)17/h1-2,4,6,9H,3,5,7-8,14H2,(H,15,16). The summed E-state index contributed by atoms with van der Waals surface area (Å²) in [6.45, 7) is 1.89. The molecule has 0 saturated carbocycles. The van der Waals surface area contributed by atoms with Crippen LogP contribution in [-0.4, -0.2) is 16.5 Å². The SMILES string of the molecule is Nc1nc[nH]c1CN1CCCc2ccccc21. The maximum atomic E-state index is 5.81. The summed E-state index contributed by atoms with van der Waals surface area (Å²) in [6.07, 6.45) is 4.02. The van der Waals surface area contributed by atoms with Crippen LogP contribution in [0.3, 0.4) is 0 Å². The highest BCUT2D eigenvalue weighted by Crippen LogP contribution is 2.28. The Hall–Kier alpha value is -1.97. The van der Waals surface area contributed by atoms with Crippen LogP contribution in [0, 0.1) is 0 Å². The van der Waals surface area contributed by atoms with Gasteiger partial charge in [-0.25, -0.2) is 4.98 Å². The van der Waals surface area contributed by atoms with E-state index in [4.69, 9.17) is 5.73 Å². The minimum Gasteiger partial charge on any atom is -0.382 e. The number of H-pyrrole nitrogens is 1. The quantitative estimate of drug-likeness (QED) is 0.826. The lowest BCUT2D eigenvalue weighted by Gasteiger charge is -2.30. The van der Waals surface area contributed by atoms with Crippen molar-refractivity contribution in [2.75, 3.05) is 17.2 Å². The van der Waals surface area contributed by atoms with E-state index < -0.39 is 0 Å². The fourth-order valence-electron chi connectivity index (χ4n) is 2.42. The van der Waals surface area contributed by atoms with E-state index in [-0.39, 0.29) is 0 Å². The summed E-state index contributed by atoms with van der Waals surface area (Å²) in [4.78, 5) is 9.50. The number of rotatable bonds is 2. The van der Waals surface area contributed by atoms with Gasteiger partial charge in [0.1, 0.15) is 5.82 Å². The van der Waals surface area contributed by atoms with E-state index in [9.17, 15) is 0 Å². The van der Waals surface area contributed by atoms with Gasteiger partial charge in [0.15, 0.2) is 0 Å². The lowest BCUT2D eigenvalue weighted by atomic mass is 10.0. The second-order valence-corrected chi connectivity index (χ2v) is 4.42. The van der Waals surface area contributed by atoms with Crippen LogP contribution < -0.4 is 10.6 Å². The van der Waals surface area contributed by atoms with E-state index in [1.54, 1.807) is 6.33 Å². The van der Waals surface area contributed by atoms with Gasteiger partial charge in [-0.05, 0) is 24.5 Å².